The quantitative estimate of drug-likeness (QED) is 0.153. The number of hydrogen-bond acceptors (Lipinski definition) is 8. The minimum Gasteiger partial charge on any atom is -0.309 e. The zero-order valence-electron chi connectivity index (χ0n) is 47.1. The van der Waals surface area contributed by atoms with Gasteiger partial charge in [-0.05, 0) is 137 Å². The van der Waals surface area contributed by atoms with E-state index in [0.29, 0.717) is 0 Å². The molecule has 2 unspecified atom stereocenters. The highest BCUT2D eigenvalue weighted by Gasteiger charge is 2.59. The maximum atomic E-state index is 19.0. The van der Waals surface area contributed by atoms with Crippen LogP contribution in [0, 0.1) is 0 Å². The van der Waals surface area contributed by atoms with Crippen molar-refractivity contribution in [3.63, 3.8) is 0 Å². The van der Waals surface area contributed by atoms with Crippen LogP contribution in [0.1, 0.15) is 0 Å². The van der Waals surface area contributed by atoms with Gasteiger partial charge in [-0.15, -0.1) is 0 Å². The van der Waals surface area contributed by atoms with Gasteiger partial charge in [-0.25, -0.2) is 0 Å². The fourth-order valence-corrected chi connectivity index (χ4v) is 23.1. The number of para-hydroxylation sites is 6. The number of anilines is 18. The summed E-state index contributed by atoms with van der Waals surface area (Å²) in [6.45, 7) is 0. The normalized spacial score (nSPS) is 17.4. The van der Waals surface area contributed by atoms with Gasteiger partial charge in [0, 0.05) is 50.3 Å². The molecule has 0 N–H and O–H groups in total. The summed E-state index contributed by atoms with van der Waals surface area (Å²) in [5, 5.41) is 10.5. The van der Waals surface area contributed by atoms with E-state index < -0.39 is 14.3 Å². The number of fused-ring (bicyclic) bond motifs is 7. The summed E-state index contributed by atoms with van der Waals surface area (Å²) in [5.41, 5.74) is 15.9. The number of rotatable bonds is 6. The van der Waals surface area contributed by atoms with Crippen LogP contribution in [0.25, 0.3) is 32.3 Å². The molecule has 0 spiro atoms. The van der Waals surface area contributed by atoms with Gasteiger partial charge in [0.1, 0.15) is 0 Å². The van der Waals surface area contributed by atoms with Crippen LogP contribution >= 0.6 is 14.3 Å². The van der Waals surface area contributed by atoms with Gasteiger partial charge in [0.2, 0.25) is 0 Å². The molecule has 0 aliphatic carbocycles. The number of nitrogens with zero attached hydrogens (tertiary/aromatic N) is 6. The van der Waals surface area contributed by atoms with Crippen LogP contribution in [0.4, 0.5) is 102 Å². The van der Waals surface area contributed by atoms with Crippen molar-refractivity contribution in [3.8, 4) is 0 Å². The van der Waals surface area contributed by atoms with E-state index in [0.717, 1.165) is 167 Å². The molecular formula is C78H48N6O2P2. The topological polar surface area (TPSA) is 53.6 Å². The molecule has 0 saturated heterocycles. The Morgan fingerprint density at radius 2 is 0.455 bits per heavy atom. The Hall–Kier alpha value is -10.9. The molecule has 6 heterocycles. The minimum absolute atomic E-state index is 0.743. The van der Waals surface area contributed by atoms with E-state index in [-0.39, 0.29) is 0 Å². The van der Waals surface area contributed by atoms with Gasteiger partial charge in [-0.1, -0.05) is 170 Å². The van der Waals surface area contributed by atoms with Gasteiger partial charge >= 0.3 is 0 Å². The molecule has 0 bridgehead atoms. The highest BCUT2D eigenvalue weighted by atomic mass is 31.2. The van der Waals surface area contributed by atoms with Gasteiger partial charge in [0.25, 0.3) is 0 Å². The summed E-state index contributed by atoms with van der Waals surface area (Å²) in [5.74, 6) is 0. The van der Waals surface area contributed by atoms with Crippen LogP contribution in [0.5, 0.6) is 0 Å². The maximum Gasteiger partial charge on any atom is 0.183 e. The van der Waals surface area contributed by atoms with Crippen LogP contribution in [0.15, 0.2) is 291 Å². The van der Waals surface area contributed by atoms with Crippen molar-refractivity contribution in [1.82, 2.24) is 0 Å². The van der Waals surface area contributed by atoms with Crippen molar-refractivity contribution in [2.24, 2.45) is 0 Å². The Morgan fingerprint density at radius 3 is 0.795 bits per heavy atom. The van der Waals surface area contributed by atoms with E-state index in [9.17, 15) is 0 Å². The Morgan fingerprint density at radius 1 is 0.205 bits per heavy atom. The first-order valence-corrected chi connectivity index (χ1v) is 33.3. The van der Waals surface area contributed by atoms with Gasteiger partial charge in [0.15, 0.2) is 14.3 Å². The maximum absolute atomic E-state index is 19.0. The van der Waals surface area contributed by atoms with E-state index in [1.807, 2.05) is 0 Å². The van der Waals surface area contributed by atoms with Gasteiger partial charge in [-0.2, -0.15) is 0 Å². The lowest BCUT2D eigenvalue weighted by atomic mass is 9.95. The number of benzene rings is 14. The Balaban J connectivity index is 1.05. The van der Waals surface area contributed by atoms with E-state index in [4.69, 9.17) is 0 Å². The molecule has 0 aromatic heterocycles. The lowest BCUT2D eigenvalue weighted by molar-refractivity contribution is 0.591. The molecule has 8 nitrogen and oxygen atoms in total. The minimum atomic E-state index is -4.01. The molecule has 10 heteroatoms. The highest BCUT2D eigenvalue weighted by molar-refractivity contribution is 7.88. The van der Waals surface area contributed by atoms with Crippen LogP contribution in [-0.2, 0) is 9.13 Å². The highest BCUT2D eigenvalue weighted by Crippen LogP contribution is 2.73. The SMILES string of the molecule is O=P12c3c4cccc3N(c3ccccc3)c3c1c(cc1ccccc31)N(c1ccccc1)c1c2c(cc2cc3c5c(c12)N(c1ccccc1)c1cc2ccccc2c2c1P5(=O)c1c(cccc1N2c1ccccc1)N3c1ccccc1)N4c1ccccc1. The molecule has 0 saturated carbocycles. The third-order valence-corrected chi connectivity index (χ3v) is 25.5. The molecule has 88 heavy (non-hydrogen) atoms. The summed E-state index contributed by atoms with van der Waals surface area (Å²) < 4.78 is 38.0. The smallest absolute Gasteiger partial charge is 0.183 e. The fourth-order valence-electron chi connectivity index (χ4n) is 15.8. The average molecular weight is 1160 g/mol. The van der Waals surface area contributed by atoms with Crippen molar-refractivity contribution in [3.05, 3.63) is 291 Å². The van der Waals surface area contributed by atoms with Crippen molar-refractivity contribution in [2.75, 3.05) is 29.4 Å². The van der Waals surface area contributed by atoms with Gasteiger partial charge in [0.05, 0.1) is 100 Å². The second-order valence-electron chi connectivity index (χ2n) is 23.4. The first kappa shape index (κ1) is 48.4. The van der Waals surface area contributed by atoms with Crippen LogP contribution in [0.2, 0.25) is 0 Å². The Labute approximate surface area is 507 Å². The standard InChI is InChI=1S/C78H48N6O2P2/c85-87-73-60-41-23-43-62(73)81(54-31-11-3-12-32-54)69-58-39-21-19-25-49(58)45-66(75(69)87)83(56-35-15-5-16-36-56)71-68-51(47-64(77(71)87)79(60)52-27-7-1-8-28-52)48-65-78-72(68)84(57-37-17-6-18-38-57)67-46-50-26-20-22-40-59(50)70-76(67)88(78,86)74-61(80(65)53-29-9-2-10-30-53)42-24-44-63(74)82(70)55-33-13-4-14-34-55/h1-48H. The molecule has 6 aliphatic heterocycles. The molecule has 2 atom stereocenters. The lowest BCUT2D eigenvalue weighted by Crippen LogP contribution is -2.49. The number of hydrogen-bond donors (Lipinski definition) is 0. The monoisotopic (exact) mass is 1160 g/mol. The average Bonchev–Trinajstić information content (AvgIpc) is 0.664. The molecule has 0 radical (unpaired) electrons. The Bertz CT molecular complexity index is 5160. The van der Waals surface area contributed by atoms with Crippen LogP contribution in [-0.4, -0.2) is 0 Å². The third-order valence-electron chi connectivity index (χ3n) is 19.0. The van der Waals surface area contributed by atoms with Crippen LogP contribution < -0.4 is 61.2 Å². The van der Waals surface area contributed by atoms with Crippen LogP contribution in [0.3, 0.4) is 0 Å². The molecule has 14 aromatic rings. The summed E-state index contributed by atoms with van der Waals surface area (Å²) in [6.07, 6.45) is 0. The third kappa shape index (κ3) is 5.96. The van der Waals surface area contributed by atoms with Gasteiger partial charge < -0.3 is 38.5 Å². The molecular weight excluding hydrogens is 1110 g/mol. The molecule has 0 fully saturated rings. The molecule has 14 aromatic carbocycles. The van der Waals surface area contributed by atoms with E-state index in [2.05, 4.69) is 321 Å². The van der Waals surface area contributed by atoms with Gasteiger partial charge in [-0.3, -0.25) is 0 Å². The molecule has 20 rings (SSSR count). The Kier molecular flexibility index (Phi) is 9.56. The second-order valence-corrected chi connectivity index (χ2v) is 28.6. The second kappa shape index (κ2) is 17.4. The summed E-state index contributed by atoms with van der Waals surface area (Å²) >= 11 is 0. The predicted octanol–water partition coefficient (Wildman–Crippen LogP) is 19.1. The summed E-state index contributed by atoms with van der Waals surface area (Å²) in [7, 11) is -8.03. The largest absolute Gasteiger partial charge is 0.309 e. The zero-order chi connectivity index (χ0) is 57.7. The van der Waals surface area contributed by atoms with Crippen molar-refractivity contribution in [2.45, 2.75) is 0 Å². The lowest BCUT2D eigenvalue weighted by Gasteiger charge is -2.52. The van der Waals surface area contributed by atoms with E-state index in [1.54, 1.807) is 0 Å². The van der Waals surface area contributed by atoms with E-state index in [1.165, 1.54) is 0 Å². The van der Waals surface area contributed by atoms with Crippen molar-refractivity contribution < 1.29 is 9.13 Å². The molecule has 6 aliphatic rings. The van der Waals surface area contributed by atoms with Crippen molar-refractivity contribution >= 4 is 181 Å². The first-order chi connectivity index (χ1) is 43.5. The fraction of sp³-hybridized carbons (Fsp3) is 0. The summed E-state index contributed by atoms with van der Waals surface area (Å²) in [6, 6.07) is 103. The predicted molar refractivity (Wildman–Crippen MR) is 367 cm³/mol. The summed E-state index contributed by atoms with van der Waals surface area (Å²) in [4.78, 5) is 14.3. The van der Waals surface area contributed by atoms with E-state index >= 15 is 9.13 Å². The zero-order valence-corrected chi connectivity index (χ0v) is 48.9. The van der Waals surface area contributed by atoms with Crippen molar-refractivity contribution in [1.29, 1.82) is 0 Å². The first-order valence-electron chi connectivity index (χ1n) is 29.9. The molecule has 412 valence electrons. The molecule has 0 amide bonds.